The van der Waals surface area contributed by atoms with Gasteiger partial charge < -0.3 is 29.6 Å². The lowest BCUT2D eigenvalue weighted by atomic mass is 10.1. The maximum absolute atomic E-state index is 12.8. The molecule has 3 aromatic rings. The molecule has 0 unspecified atom stereocenters. The fourth-order valence-corrected chi connectivity index (χ4v) is 3.91. The molecule has 0 radical (unpaired) electrons. The van der Waals surface area contributed by atoms with Crippen molar-refractivity contribution in [3.05, 3.63) is 70.0 Å². The highest BCUT2D eigenvalue weighted by molar-refractivity contribution is 7.80. The number of aromatic amines is 1. The second kappa shape index (κ2) is 10.0. The number of thiocarbonyl (C=S) groups is 1. The van der Waals surface area contributed by atoms with E-state index >= 15 is 0 Å². The Balaban J connectivity index is 1.53. The van der Waals surface area contributed by atoms with E-state index in [2.05, 4.69) is 46.3 Å². The number of pyridine rings is 1. The summed E-state index contributed by atoms with van der Waals surface area (Å²) in [6.07, 6.45) is 0.935. The predicted molar refractivity (Wildman–Crippen MR) is 130 cm³/mol. The zero-order valence-electron chi connectivity index (χ0n) is 18.4. The number of fused-ring (bicyclic) bond motifs is 2. The van der Waals surface area contributed by atoms with Gasteiger partial charge in [0.15, 0.2) is 16.6 Å². The molecule has 0 saturated heterocycles. The number of ether oxygens (including phenoxy) is 2. The quantitative estimate of drug-likeness (QED) is 0.509. The molecule has 7 nitrogen and oxygen atoms in total. The summed E-state index contributed by atoms with van der Waals surface area (Å²) in [7, 11) is 4.10. The molecule has 32 heavy (non-hydrogen) atoms. The standard InChI is InChI=1S/C24H28N4O3S/c1-27(2)9-6-10-28(24(32)25-14-17-7-4-3-5-8-17)15-19-11-18-12-21-22(31-16-30-21)13-20(18)26-23(19)29/h3-5,7-8,11-13H,6,9-10,14-16H2,1-2H3,(H,25,32)(H,26,29). The van der Waals surface area contributed by atoms with Gasteiger partial charge in [-0.1, -0.05) is 30.3 Å². The summed E-state index contributed by atoms with van der Waals surface area (Å²) < 4.78 is 10.9. The summed E-state index contributed by atoms with van der Waals surface area (Å²) in [5, 5.41) is 4.88. The first-order chi connectivity index (χ1) is 15.5. The maximum atomic E-state index is 12.8. The third-order valence-electron chi connectivity index (χ3n) is 5.38. The van der Waals surface area contributed by atoms with Crippen molar-refractivity contribution >= 4 is 28.2 Å². The highest BCUT2D eigenvalue weighted by Crippen LogP contribution is 2.35. The van der Waals surface area contributed by atoms with Gasteiger partial charge in [0.05, 0.1) is 12.1 Å². The second-order valence-electron chi connectivity index (χ2n) is 8.14. The van der Waals surface area contributed by atoms with Crippen molar-refractivity contribution in [2.24, 2.45) is 0 Å². The Bertz CT molecular complexity index is 1150. The summed E-state index contributed by atoms with van der Waals surface area (Å²) in [5.41, 5.74) is 2.42. The lowest BCUT2D eigenvalue weighted by Crippen LogP contribution is -2.41. The van der Waals surface area contributed by atoms with Crippen LogP contribution in [0.15, 0.2) is 53.3 Å². The van der Waals surface area contributed by atoms with Crippen LogP contribution in [0.5, 0.6) is 11.5 Å². The van der Waals surface area contributed by atoms with E-state index in [0.29, 0.717) is 35.3 Å². The van der Waals surface area contributed by atoms with Crippen molar-refractivity contribution in [1.82, 2.24) is 20.1 Å². The molecule has 4 rings (SSSR count). The van der Waals surface area contributed by atoms with Gasteiger partial charge in [0, 0.05) is 30.1 Å². The first-order valence-corrected chi connectivity index (χ1v) is 11.1. The summed E-state index contributed by atoms with van der Waals surface area (Å²) in [4.78, 5) is 20.0. The van der Waals surface area contributed by atoms with Crippen LogP contribution in [0, 0.1) is 0 Å². The third-order valence-corrected chi connectivity index (χ3v) is 5.79. The van der Waals surface area contributed by atoms with Gasteiger partial charge in [-0.15, -0.1) is 0 Å². The topological polar surface area (TPSA) is 69.8 Å². The molecule has 1 aliphatic heterocycles. The van der Waals surface area contributed by atoms with E-state index in [-0.39, 0.29) is 12.4 Å². The summed E-state index contributed by atoms with van der Waals surface area (Å²) in [6, 6.07) is 15.8. The fourth-order valence-electron chi connectivity index (χ4n) is 3.68. The molecular formula is C24H28N4O3S. The number of nitrogens with zero attached hydrogens (tertiary/aromatic N) is 2. The molecule has 0 saturated carbocycles. The highest BCUT2D eigenvalue weighted by atomic mass is 32.1. The number of benzene rings is 2. The second-order valence-corrected chi connectivity index (χ2v) is 8.53. The Hall–Kier alpha value is -3.10. The van der Waals surface area contributed by atoms with Crippen LogP contribution in [0.25, 0.3) is 10.9 Å². The Kier molecular flexibility index (Phi) is 6.92. The summed E-state index contributed by atoms with van der Waals surface area (Å²) in [6.45, 7) is 2.95. The van der Waals surface area contributed by atoms with Crippen LogP contribution in [0.2, 0.25) is 0 Å². The van der Waals surface area contributed by atoms with Crippen molar-refractivity contribution in [3.8, 4) is 11.5 Å². The molecule has 2 heterocycles. The maximum Gasteiger partial charge on any atom is 0.253 e. The van der Waals surface area contributed by atoms with Crippen molar-refractivity contribution in [3.63, 3.8) is 0 Å². The zero-order chi connectivity index (χ0) is 22.5. The van der Waals surface area contributed by atoms with E-state index in [1.807, 2.05) is 36.4 Å². The normalized spacial score (nSPS) is 12.3. The Labute approximate surface area is 192 Å². The first kappa shape index (κ1) is 22.1. The van der Waals surface area contributed by atoms with Gasteiger partial charge in [0.2, 0.25) is 6.79 Å². The van der Waals surface area contributed by atoms with Crippen LogP contribution in [0.4, 0.5) is 0 Å². The van der Waals surface area contributed by atoms with Gasteiger partial charge in [0.1, 0.15) is 0 Å². The van der Waals surface area contributed by atoms with Gasteiger partial charge in [0.25, 0.3) is 5.56 Å². The minimum absolute atomic E-state index is 0.125. The zero-order valence-corrected chi connectivity index (χ0v) is 19.2. The molecule has 8 heteroatoms. The minimum Gasteiger partial charge on any atom is -0.454 e. The molecule has 0 aliphatic carbocycles. The van der Waals surface area contributed by atoms with Crippen LogP contribution >= 0.6 is 12.2 Å². The average molecular weight is 453 g/mol. The lowest BCUT2D eigenvalue weighted by molar-refractivity contribution is 0.174. The van der Waals surface area contributed by atoms with Gasteiger partial charge in [-0.05, 0) is 57.0 Å². The smallest absolute Gasteiger partial charge is 0.253 e. The molecule has 0 spiro atoms. The number of hydrogen-bond acceptors (Lipinski definition) is 5. The van der Waals surface area contributed by atoms with E-state index in [9.17, 15) is 4.79 Å². The minimum atomic E-state index is -0.125. The Morgan fingerprint density at radius 3 is 2.59 bits per heavy atom. The monoisotopic (exact) mass is 452 g/mol. The number of H-pyrrole nitrogens is 1. The number of rotatable bonds is 8. The van der Waals surface area contributed by atoms with Crippen LogP contribution in [-0.4, -0.2) is 53.9 Å². The SMILES string of the molecule is CN(C)CCCN(Cc1cc2cc3c(cc2[nH]c1=O)OCO3)C(=S)NCc1ccccc1. The molecule has 1 aromatic heterocycles. The van der Waals surface area contributed by atoms with Gasteiger partial charge in [-0.3, -0.25) is 4.79 Å². The third kappa shape index (κ3) is 5.38. The molecule has 2 aromatic carbocycles. The lowest BCUT2D eigenvalue weighted by Gasteiger charge is -2.26. The molecule has 0 fully saturated rings. The van der Waals surface area contributed by atoms with Crippen molar-refractivity contribution in [2.75, 3.05) is 34.0 Å². The fraction of sp³-hybridized carbons (Fsp3) is 0.333. The van der Waals surface area contributed by atoms with E-state index in [1.54, 1.807) is 0 Å². The van der Waals surface area contributed by atoms with E-state index in [1.165, 1.54) is 0 Å². The summed E-state index contributed by atoms with van der Waals surface area (Å²) in [5.74, 6) is 1.34. The number of aromatic nitrogens is 1. The van der Waals surface area contributed by atoms with E-state index in [4.69, 9.17) is 21.7 Å². The van der Waals surface area contributed by atoms with Crippen LogP contribution in [0.3, 0.4) is 0 Å². The van der Waals surface area contributed by atoms with Crippen molar-refractivity contribution in [1.29, 1.82) is 0 Å². The number of nitrogens with one attached hydrogen (secondary N) is 2. The van der Waals surface area contributed by atoms with Gasteiger partial charge in [-0.25, -0.2) is 0 Å². The van der Waals surface area contributed by atoms with Gasteiger partial charge in [-0.2, -0.15) is 0 Å². The summed E-state index contributed by atoms with van der Waals surface area (Å²) >= 11 is 5.71. The molecule has 0 amide bonds. The first-order valence-electron chi connectivity index (χ1n) is 10.7. The highest BCUT2D eigenvalue weighted by Gasteiger charge is 2.17. The Morgan fingerprint density at radius 1 is 1.09 bits per heavy atom. The molecule has 168 valence electrons. The number of hydrogen-bond donors (Lipinski definition) is 2. The van der Waals surface area contributed by atoms with Gasteiger partial charge >= 0.3 is 0 Å². The molecule has 0 bridgehead atoms. The Morgan fingerprint density at radius 2 is 1.84 bits per heavy atom. The van der Waals surface area contributed by atoms with Crippen LogP contribution < -0.4 is 20.3 Å². The largest absolute Gasteiger partial charge is 0.454 e. The predicted octanol–water partition coefficient (Wildman–Crippen LogP) is 3.09. The molecule has 1 aliphatic rings. The van der Waals surface area contributed by atoms with Crippen molar-refractivity contribution in [2.45, 2.75) is 19.5 Å². The van der Waals surface area contributed by atoms with E-state index < -0.39 is 0 Å². The average Bonchev–Trinajstić information content (AvgIpc) is 3.23. The molecule has 2 N–H and O–H groups in total. The van der Waals surface area contributed by atoms with Crippen LogP contribution in [0.1, 0.15) is 17.5 Å². The molecule has 0 atom stereocenters. The van der Waals surface area contributed by atoms with Crippen molar-refractivity contribution < 1.29 is 9.47 Å². The van der Waals surface area contributed by atoms with Crippen LogP contribution in [-0.2, 0) is 13.1 Å². The molecular weight excluding hydrogens is 424 g/mol. The van der Waals surface area contributed by atoms with E-state index in [0.717, 1.165) is 36.0 Å².